The summed E-state index contributed by atoms with van der Waals surface area (Å²) in [5.41, 5.74) is 2.21. The lowest BCUT2D eigenvalue weighted by molar-refractivity contribution is 0.219. The molecule has 2 aromatic rings. The Balaban J connectivity index is 1.53. The molecule has 104 valence electrons. The third kappa shape index (κ3) is 2.57. The summed E-state index contributed by atoms with van der Waals surface area (Å²) in [6.07, 6.45) is 5.13. The van der Waals surface area contributed by atoms with Crippen molar-refractivity contribution in [2.24, 2.45) is 5.92 Å². The van der Waals surface area contributed by atoms with Crippen molar-refractivity contribution >= 4 is 5.82 Å². The van der Waals surface area contributed by atoms with E-state index in [1.165, 1.54) is 5.56 Å². The predicted octanol–water partition coefficient (Wildman–Crippen LogP) is 2.00. The highest BCUT2D eigenvalue weighted by Gasteiger charge is 2.29. The Morgan fingerprint density at radius 3 is 2.90 bits per heavy atom. The van der Waals surface area contributed by atoms with Crippen LogP contribution < -0.4 is 9.64 Å². The fourth-order valence-corrected chi connectivity index (χ4v) is 2.34. The summed E-state index contributed by atoms with van der Waals surface area (Å²) < 4.78 is 5.73. The number of hydrogen-bond acceptors (Lipinski definition) is 5. The van der Waals surface area contributed by atoms with Crippen molar-refractivity contribution in [2.45, 2.75) is 13.8 Å². The average molecular weight is 270 g/mol. The van der Waals surface area contributed by atoms with E-state index in [1.54, 1.807) is 18.7 Å². The second-order valence-corrected chi connectivity index (χ2v) is 5.18. The number of ether oxygens (including phenoxy) is 1. The number of pyridine rings is 1. The van der Waals surface area contributed by atoms with Gasteiger partial charge in [-0.2, -0.15) is 0 Å². The van der Waals surface area contributed by atoms with E-state index in [4.69, 9.17) is 4.74 Å². The Hall–Kier alpha value is -2.17. The lowest BCUT2D eigenvalue weighted by Crippen LogP contribution is -2.50. The second-order valence-electron chi connectivity index (χ2n) is 5.18. The zero-order valence-corrected chi connectivity index (χ0v) is 11.8. The quantitative estimate of drug-likeness (QED) is 0.850. The molecule has 0 radical (unpaired) electrons. The first kappa shape index (κ1) is 12.8. The largest absolute Gasteiger partial charge is 0.492 e. The highest BCUT2D eigenvalue weighted by molar-refractivity contribution is 5.49. The first-order chi connectivity index (χ1) is 9.74. The minimum Gasteiger partial charge on any atom is -0.492 e. The van der Waals surface area contributed by atoms with Gasteiger partial charge in [-0.1, -0.05) is 0 Å². The van der Waals surface area contributed by atoms with Crippen LogP contribution in [0.4, 0.5) is 5.82 Å². The smallest absolute Gasteiger partial charge is 0.137 e. The Morgan fingerprint density at radius 1 is 1.30 bits per heavy atom. The van der Waals surface area contributed by atoms with Crippen LogP contribution in [0.3, 0.4) is 0 Å². The van der Waals surface area contributed by atoms with Gasteiger partial charge < -0.3 is 9.64 Å². The van der Waals surface area contributed by atoms with E-state index < -0.39 is 0 Å². The topological polar surface area (TPSA) is 51.1 Å². The van der Waals surface area contributed by atoms with E-state index in [0.717, 1.165) is 37.0 Å². The molecular formula is C15H18N4O. The van der Waals surface area contributed by atoms with Crippen LogP contribution in [-0.4, -0.2) is 34.6 Å². The summed E-state index contributed by atoms with van der Waals surface area (Å²) >= 11 is 0. The maximum absolute atomic E-state index is 5.73. The van der Waals surface area contributed by atoms with Gasteiger partial charge in [0, 0.05) is 36.5 Å². The summed E-state index contributed by atoms with van der Waals surface area (Å²) in [7, 11) is 0. The molecule has 0 N–H and O–H groups in total. The van der Waals surface area contributed by atoms with Crippen LogP contribution in [0.5, 0.6) is 5.75 Å². The lowest BCUT2D eigenvalue weighted by Gasteiger charge is -2.40. The minimum atomic E-state index is 0.546. The van der Waals surface area contributed by atoms with Crippen molar-refractivity contribution in [1.82, 2.24) is 15.0 Å². The Kier molecular flexibility index (Phi) is 3.50. The van der Waals surface area contributed by atoms with Crippen LogP contribution in [0.1, 0.15) is 11.3 Å². The molecule has 1 saturated heterocycles. The molecule has 0 saturated carbocycles. The molecule has 0 bridgehead atoms. The van der Waals surface area contributed by atoms with Gasteiger partial charge in [0.2, 0.25) is 0 Å². The van der Waals surface area contributed by atoms with Gasteiger partial charge in [0.25, 0.3) is 0 Å². The van der Waals surface area contributed by atoms with Crippen LogP contribution in [0.2, 0.25) is 0 Å². The molecule has 1 aliphatic rings. The molecule has 0 amide bonds. The molecule has 2 aromatic heterocycles. The lowest BCUT2D eigenvalue weighted by atomic mass is 10.0. The van der Waals surface area contributed by atoms with E-state index in [0.29, 0.717) is 5.92 Å². The maximum Gasteiger partial charge on any atom is 0.137 e. The van der Waals surface area contributed by atoms with Crippen molar-refractivity contribution in [3.63, 3.8) is 0 Å². The summed E-state index contributed by atoms with van der Waals surface area (Å²) in [6.45, 7) is 6.79. The number of nitrogens with zero attached hydrogens (tertiary/aromatic N) is 4. The molecule has 0 spiro atoms. The van der Waals surface area contributed by atoms with Gasteiger partial charge in [-0.15, -0.1) is 0 Å². The third-order valence-electron chi connectivity index (χ3n) is 3.69. The molecule has 1 aliphatic heterocycles. The Morgan fingerprint density at radius 2 is 2.15 bits per heavy atom. The van der Waals surface area contributed by atoms with Crippen molar-refractivity contribution < 1.29 is 4.74 Å². The average Bonchev–Trinajstić information content (AvgIpc) is 2.42. The zero-order chi connectivity index (χ0) is 13.9. The first-order valence-electron chi connectivity index (χ1n) is 6.80. The molecular weight excluding hydrogens is 252 g/mol. The van der Waals surface area contributed by atoms with E-state index >= 15 is 0 Å². The highest BCUT2D eigenvalue weighted by atomic mass is 16.5. The van der Waals surface area contributed by atoms with Crippen molar-refractivity contribution in [3.05, 3.63) is 42.1 Å². The minimum absolute atomic E-state index is 0.546. The van der Waals surface area contributed by atoms with Gasteiger partial charge in [0.15, 0.2) is 0 Å². The van der Waals surface area contributed by atoms with Gasteiger partial charge in [0.1, 0.15) is 17.9 Å². The Bertz CT molecular complexity index is 582. The molecule has 5 heteroatoms. The van der Waals surface area contributed by atoms with E-state index in [2.05, 4.69) is 26.8 Å². The molecule has 1 fully saturated rings. The predicted molar refractivity (Wildman–Crippen MR) is 76.9 cm³/mol. The van der Waals surface area contributed by atoms with Gasteiger partial charge in [0.05, 0.1) is 12.8 Å². The van der Waals surface area contributed by atoms with Gasteiger partial charge in [-0.3, -0.25) is 4.98 Å². The number of aryl methyl sites for hydroxylation is 1. The SMILES string of the molecule is Cc1ncnc(N2CC(COc3cccnc3)C2)c1C. The van der Waals surface area contributed by atoms with Gasteiger partial charge in [-0.05, 0) is 26.0 Å². The van der Waals surface area contributed by atoms with Crippen LogP contribution in [0.25, 0.3) is 0 Å². The summed E-state index contributed by atoms with van der Waals surface area (Å²) in [4.78, 5) is 14.9. The van der Waals surface area contributed by atoms with E-state index in [9.17, 15) is 0 Å². The van der Waals surface area contributed by atoms with E-state index in [1.807, 2.05) is 19.1 Å². The maximum atomic E-state index is 5.73. The van der Waals surface area contributed by atoms with Crippen molar-refractivity contribution in [1.29, 1.82) is 0 Å². The van der Waals surface area contributed by atoms with E-state index in [-0.39, 0.29) is 0 Å². The van der Waals surface area contributed by atoms with Crippen molar-refractivity contribution in [3.8, 4) is 5.75 Å². The normalized spacial score (nSPS) is 15.0. The summed E-state index contributed by atoms with van der Waals surface area (Å²) in [6, 6.07) is 3.82. The fourth-order valence-electron chi connectivity index (χ4n) is 2.34. The molecule has 0 aliphatic carbocycles. The highest BCUT2D eigenvalue weighted by Crippen LogP contribution is 2.26. The molecule has 3 heterocycles. The third-order valence-corrected chi connectivity index (χ3v) is 3.69. The van der Waals surface area contributed by atoms with Crippen LogP contribution in [0, 0.1) is 19.8 Å². The van der Waals surface area contributed by atoms with Crippen LogP contribution in [0.15, 0.2) is 30.9 Å². The van der Waals surface area contributed by atoms with Crippen molar-refractivity contribution in [2.75, 3.05) is 24.6 Å². The van der Waals surface area contributed by atoms with Crippen LogP contribution >= 0.6 is 0 Å². The molecule has 0 unspecified atom stereocenters. The van der Waals surface area contributed by atoms with Gasteiger partial charge >= 0.3 is 0 Å². The molecule has 0 atom stereocenters. The molecule has 0 aromatic carbocycles. The first-order valence-corrected chi connectivity index (χ1v) is 6.80. The molecule has 20 heavy (non-hydrogen) atoms. The van der Waals surface area contributed by atoms with Gasteiger partial charge in [-0.25, -0.2) is 9.97 Å². The summed E-state index contributed by atoms with van der Waals surface area (Å²) in [5.74, 6) is 2.43. The fraction of sp³-hybridized carbons (Fsp3) is 0.400. The monoisotopic (exact) mass is 270 g/mol. The van der Waals surface area contributed by atoms with Crippen LogP contribution in [-0.2, 0) is 0 Å². The zero-order valence-electron chi connectivity index (χ0n) is 11.8. The number of rotatable bonds is 4. The standard InChI is InChI=1S/C15H18N4O/c1-11-12(2)17-10-18-15(11)19-7-13(8-19)9-20-14-4-3-5-16-6-14/h3-6,10,13H,7-9H2,1-2H3. The molecule has 5 nitrogen and oxygen atoms in total. The number of anilines is 1. The Labute approximate surface area is 118 Å². The number of aromatic nitrogens is 3. The second kappa shape index (κ2) is 5.45. The number of hydrogen-bond donors (Lipinski definition) is 0. The summed E-state index contributed by atoms with van der Waals surface area (Å²) in [5, 5.41) is 0. The molecule has 3 rings (SSSR count).